The minimum Gasteiger partial charge on any atom is -0.497 e. The van der Waals surface area contributed by atoms with Crippen LogP contribution in [0.15, 0.2) is 54.0 Å². The zero-order chi connectivity index (χ0) is 22.2. The first-order chi connectivity index (χ1) is 14.8. The maximum atomic E-state index is 13.1. The molecule has 4 rings (SSSR count). The van der Waals surface area contributed by atoms with E-state index >= 15 is 0 Å². The number of carbonyl (C=O) groups is 1. The number of anilines is 1. The third-order valence-corrected chi connectivity index (χ3v) is 5.42. The summed E-state index contributed by atoms with van der Waals surface area (Å²) in [6.07, 6.45) is -2.85. The molecule has 2 aromatic heterocycles. The van der Waals surface area contributed by atoms with Gasteiger partial charge in [-0.05, 0) is 30.3 Å². The van der Waals surface area contributed by atoms with Crippen molar-refractivity contribution >= 4 is 27.9 Å². The summed E-state index contributed by atoms with van der Waals surface area (Å²) in [7, 11) is 2.88. The largest absolute Gasteiger partial charge is 0.497 e. The number of rotatable bonds is 5. The number of nitrogens with one attached hydrogen (secondary N) is 1. The van der Waals surface area contributed by atoms with Crippen LogP contribution in [0.25, 0.3) is 16.2 Å². The van der Waals surface area contributed by atoms with E-state index in [2.05, 4.69) is 10.3 Å². The van der Waals surface area contributed by atoms with Gasteiger partial charge >= 0.3 is 6.18 Å². The zero-order valence-electron chi connectivity index (χ0n) is 16.4. The van der Waals surface area contributed by atoms with Gasteiger partial charge in [0.25, 0.3) is 5.91 Å². The van der Waals surface area contributed by atoms with E-state index < -0.39 is 17.6 Å². The van der Waals surface area contributed by atoms with E-state index in [0.717, 1.165) is 17.7 Å². The van der Waals surface area contributed by atoms with Crippen LogP contribution in [0.4, 0.5) is 18.9 Å². The molecule has 2 heterocycles. The standard InChI is InChI=1S/C21H16F3N3O3S/c1-29-14-5-3-4-12(8-14)16-10-27-17(11-31-20(27)26-16)19(28)25-15-9-13(21(22,23)24)6-7-18(15)30-2/h3-11H,1-2H3,(H,25,28). The van der Waals surface area contributed by atoms with E-state index in [1.165, 1.54) is 24.5 Å². The van der Waals surface area contributed by atoms with Gasteiger partial charge in [0, 0.05) is 17.1 Å². The summed E-state index contributed by atoms with van der Waals surface area (Å²) in [6, 6.07) is 10.2. The summed E-state index contributed by atoms with van der Waals surface area (Å²) < 4.78 is 51.1. The average molecular weight is 447 g/mol. The number of methoxy groups -OCH3 is 2. The van der Waals surface area contributed by atoms with Crippen molar-refractivity contribution in [3.63, 3.8) is 0 Å². The van der Waals surface area contributed by atoms with Gasteiger partial charge in [0.2, 0.25) is 0 Å². The van der Waals surface area contributed by atoms with E-state index in [4.69, 9.17) is 9.47 Å². The Hall–Kier alpha value is -3.53. The number of ether oxygens (including phenoxy) is 2. The molecular weight excluding hydrogens is 431 g/mol. The minimum absolute atomic E-state index is 0.0743. The minimum atomic E-state index is -4.54. The molecule has 0 aliphatic rings. The summed E-state index contributed by atoms with van der Waals surface area (Å²) >= 11 is 1.24. The zero-order valence-corrected chi connectivity index (χ0v) is 17.2. The second kappa shape index (κ2) is 7.95. The van der Waals surface area contributed by atoms with Gasteiger partial charge in [-0.2, -0.15) is 13.2 Å². The number of hydrogen-bond acceptors (Lipinski definition) is 5. The van der Waals surface area contributed by atoms with E-state index in [1.54, 1.807) is 23.1 Å². The summed E-state index contributed by atoms with van der Waals surface area (Å²) in [5, 5.41) is 4.10. The van der Waals surface area contributed by atoms with Crippen LogP contribution in [0.3, 0.4) is 0 Å². The Morgan fingerprint density at radius 3 is 2.65 bits per heavy atom. The molecule has 160 valence electrons. The van der Waals surface area contributed by atoms with Crippen molar-refractivity contribution in [3.8, 4) is 22.8 Å². The van der Waals surface area contributed by atoms with Gasteiger partial charge in [-0.15, -0.1) is 11.3 Å². The van der Waals surface area contributed by atoms with Gasteiger partial charge in [0.05, 0.1) is 31.2 Å². The van der Waals surface area contributed by atoms with Crippen molar-refractivity contribution in [3.05, 3.63) is 65.3 Å². The molecule has 0 fully saturated rings. The van der Waals surface area contributed by atoms with Crippen LogP contribution in [0, 0.1) is 0 Å². The number of amides is 1. The number of imidazole rings is 1. The van der Waals surface area contributed by atoms with Crippen LogP contribution < -0.4 is 14.8 Å². The summed E-state index contributed by atoms with van der Waals surface area (Å²) in [5.74, 6) is 0.206. The quantitative estimate of drug-likeness (QED) is 0.448. The Bertz CT molecular complexity index is 1260. The fourth-order valence-corrected chi connectivity index (χ4v) is 3.89. The lowest BCUT2D eigenvalue weighted by Crippen LogP contribution is -2.15. The highest BCUT2D eigenvalue weighted by molar-refractivity contribution is 7.15. The molecule has 0 saturated heterocycles. The van der Waals surface area contributed by atoms with E-state index in [0.29, 0.717) is 16.4 Å². The third kappa shape index (κ3) is 4.06. The van der Waals surface area contributed by atoms with Crippen LogP contribution in [0.5, 0.6) is 11.5 Å². The first kappa shape index (κ1) is 20.7. The monoisotopic (exact) mass is 447 g/mol. The molecule has 10 heteroatoms. The number of benzene rings is 2. The predicted molar refractivity (Wildman–Crippen MR) is 111 cm³/mol. The Kier molecular flexibility index (Phi) is 5.32. The number of nitrogens with zero attached hydrogens (tertiary/aromatic N) is 2. The highest BCUT2D eigenvalue weighted by Gasteiger charge is 2.31. The molecule has 6 nitrogen and oxygen atoms in total. The highest BCUT2D eigenvalue weighted by Crippen LogP contribution is 2.35. The van der Waals surface area contributed by atoms with Gasteiger partial charge in [-0.25, -0.2) is 4.98 Å². The maximum Gasteiger partial charge on any atom is 0.416 e. The molecule has 0 aliphatic heterocycles. The van der Waals surface area contributed by atoms with Gasteiger partial charge < -0.3 is 14.8 Å². The Labute approximate surface area is 178 Å². The smallest absolute Gasteiger partial charge is 0.416 e. The first-order valence-electron chi connectivity index (χ1n) is 8.98. The van der Waals surface area contributed by atoms with Crippen LogP contribution in [-0.4, -0.2) is 29.5 Å². The van der Waals surface area contributed by atoms with Crippen molar-refractivity contribution in [2.45, 2.75) is 6.18 Å². The topological polar surface area (TPSA) is 64.9 Å². The van der Waals surface area contributed by atoms with Gasteiger partial charge in [0.15, 0.2) is 4.96 Å². The average Bonchev–Trinajstić information content (AvgIpc) is 3.34. The van der Waals surface area contributed by atoms with Crippen molar-refractivity contribution in [2.24, 2.45) is 0 Å². The summed E-state index contributed by atoms with van der Waals surface area (Å²) in [6.45, 7) is 0. The van der Waals surface area contributed by atoms with E-state index in [1.807, 2.05) is 24.3 Å². The number of halogens is 3. The molecule has 0 atom stereocenters. The number of hydrogen-bond donors (Lipinski definition) is 1. The molecule has 2 aromatic carbocycles. The molecule has 0 radical (unpaired) electrons. The van der Waals surface area contributed by atoms with Crippen LogP contribution in [0.1, 0.15) is 16.1 Å². The fourth-order valence-electron chi connectivity index (χ4n) is 3.04. The summed E-state index contributed by atoms with van der Waals surface area (Å²) in [4.78, 5) is 17.9. The van der Waals surface area contributed by atoms with E-state index in [-0.39, 0.29) is 17.1 Å². The Morgan fingerprint density at radius 1 is 1.13 bits per heavy atom. The van der Waals surface area contributed by atoms with Crippen LogP contribution in [0.2, 0.25) is 0 Å². The lowest BCUT2D eigenvalue weighted by Gasteiger charge is -2.13. The van der Waals surface area contributed by atoms with E-state index in [9.17, 15) is 18.0 Å². The molecule has 0 bridgehead atoms. The highest BCUT2D eigenvalue weighted by atomic mass is 32.1. The number of thiazole rings is 1. The second-order valence-electron chi connectivity index (χ2n) is 6.50. The number of carbonyl (C=O) groups excluding carboxylic acids is 1. The first-order valence-corrected chi connectivity index (χ1v) is 9.85. The van der Waals surface area contributed by atoms with Crippen LogP contribution in [-0.2, 0) is 6.18 Å². The molecule has 0 aliphatic carbocycles. The van der Waals surface area contributed by atoms with Crippen molar-refractivity contribution in [1.82, 2.24) is 9.38 Å². The Morgan fingerprint density at radius 2 is 1.94 bits per heavy atom. The number of alkyl halides is 3. The fraction of sp³-hybridized carbons (Fsp3) is 0.143. The molecule has 0 saturated carbocycles. The molecule has 4 aromatic rings. The number of aromatic nitrogens is 2. The molecule has 0 unspecified atom stereocenters. The van der Waals surface area contributed by atoms with Gasteiger partial charge in [-0.1, -0.05) is 12.1 Å². The van der Waals surface area contributed by atoms with Crippen molar-refractivity contribution < 1.29 is 27.4 Å². The van der Waals surface area contributed by atoms with Crippen molar-refractivity contribution in [1.29, 1.82) is 0 Å². The molecule has 0 spiro atoms. The molecule has 1 amide bonds. The number of fused-ring (bicyclic) bond motifs is 1. The molecular formula is C21H16F3N3O3S. The second-order valence-corrected chi connectivity index (χ2v) is 7.34. The SMILES string of the molecule is COc1cccc(-c2cn3c(C(=O)Nc4cc(C(F)(F)F)ccc4OC)csc3n2)c1. The van der Waals surface area contributed by atoms with Gasteiger partial charge in [-0.3, -0.25) is 9.20 Å². The lowest BCUT2D eigenvalue weighted by atomic mass is 10.1. The van der Waals surface area contributed by atoms with Crippen molar-refractivity contribution in [2.75, 3.05) is 19.5 Å². The molecule has 1 N–H and O–H groups in total. The Balaban J connectivity index is 1.67. The van der Waals surface area contributed by atoms with Gasteiger partial charge in [0.1, 0.15) is 17.2 Å². The normalized spacial score (nSPS) is 11.5. The molecule has 31 heavy (non-hydrogen) atoms. The third-order valence-electron chi connectivity index (χ3n) is 4.58. The predicted octanol–water partition coefficient (Wildman–Crippen LogP) is 5.35. The van der Waals surface area contributed by atoms with Crippen LogP contribution >= 0.6 is 11.3 Å². The lowest BCUT2D eigenvalue weighted by molar-refractivity contribution is -0.137. The maximum absolute atomic E-state index is 13.1. The summed E-state index contributed by atoms with van der Waals surface area (Å²) in [5.41, 5.74) is 0.718.